The largest absolute Gasteiger partial charge is 0.435 e. The SMILES string of the molecule is CCc1cn(C)nc1C(F)(F)F. The molecule has 2 nitrogen and oxygen atoms in total. The Morgan fingerprint density at radius 1 is 1.50 bits per heavy atom. The smallest absolute Gasteiger partial charge is 0.275 e. The highest BCUT2D eigenvalue weighted by Gasteiger charge is 2.36. The second-order valence-corrected chi connectivity index (χ2v) is 2.53. The fourth-order valence-corrected chi connectivity index (χ4v) is 1.03. The Bertz CT molecular complexity index is 275. The lowest BCUT2D eigenvalue weighted by molar-refractivity contribution is -0.142. The van der Waals surface area contributed by atoms with Gasteiger partial charge >= 0.3 is 6.18 Å². The maximum Gasteiger partial charge on any atom is 0.435 e. The van der Waals surface area contributed by atoms with Gasteiger partial charge in [-0.1, -0.05) is 6.92 Å². The van der Waals surface area contributed by atoms with Crippen LogP contribution >= 0.6 is 0 Å². The second kappa shape index (κ2) is 2.80. The highest BCUT2D eigenvalue weighted by atomic mass is 19.4. The van der Waals surface area contributed by atoms with E-state index in [1.165, 1.54) is 17.9 Å². The molecule has 0 aliphatic rings. The summed E-state index contributed by atoms with van der Waals surface area (Å²) in [6.07, 6.45) is -2.59. The molecule has 0 saturated heterocycles. The van der Waals surface area contributed by atoms with Gasteiger partial charge in [-0.3, -0.25) is 4.68 Å². The topological polar surface area (TPSA) is 17.8 Å². The Balaban J connectivity index is 3.13. The normalized spacial score (nSPS) is 12.1. The van der Waals surface area contributed by atoms with E-state index in [-0.39, 0.29) is 5.56 Å². The predicted octanol–water partition coefficient (Wildman–Crippen LogP) is 2.00. The van der Waals surface area contributed by atoms with Crippen molar-refractivity contribution >= 4 is 0 Å². The van der Waals surface area contributed by atoms with Crippen molar-refractivity contribution in [2.24, 2.45) is 7.05 Å². The van der Waals surface area contributed by atoms with E-state index in [9.17, 15) is 13.2 Å². The minimum atomic E-state index is -4.33. The molecule has 1 aromatic rings. The van der Waals surface area contributed by atoms with Crippen LogP contribution in [0.25, 0.3) is 0 Å². The molecule has 0 saturated carbocycles. The molecular weight excluding hydrogens is 169 g/mol. The van der Waals surface area contributed by atoms with Crippen molar-refractivity contribution in [1.82, 2.24) is 9.78 Å². The third-order valence-corrected chi connectivity index (χ3v) is 1.55. The van der Waals surface area contributed by atoms with Gasteiger partial charge in [-0.05, 0) is 6.42 Å². The maximum absolute atomic E-state index is 12.2. The first-order chi connectivity index (χ1) is 5.45. The van der Waals surface area contributed by atoms with Gasteiger partial charge in [0.2, 0.25) is 0 Å². The van der Waals surface area contributed by atoms with Crippen molar-refractivity contribution in [3.63, 3.8) is 0 Å². The van der Waals surface area contributed by atoms with Crippen molar-refractivity contribution in [2.45, 2.75) is 19.5 Å². The van der Waals surface area contributed by atoms with Gasteiger partial charge in [0.05, 0.1) is 0 Å². The van der Waals surface area contributed by atoms with Crippen LogP contribution in [0.1, 0.15) is 18.2 Å². The molecule has 0 fully saturated rings. The summed E-state index contributed by atoms with van der Waals surface area (Å²) in [5.41, 5.74) is -0.530. The molecule has 0 spiro atoms. The monoisotopic (exact) mass is 178 g/mol. The average Bonchev–Trinajstić information content (AvgIpc) is 2.29. The molecule has 0 atom stereocenters. The summed E-state index contributed by atoms with van der Waals surface area (Å²) in [7, 11) is 1.48. The molecule has 12 heavy (non-hydrogen) atoms. The number of aromatic nitrogens is 2. The van der Waals surface area contributed by atoms with E-state index in [1.807, 2.05) is 0 Å². The first-order valence-corrected chi connectivity index (χ1v) is 3.55. The number of rotatable bonds is 1. The summed E-state index contributed by atoms with van der Waals surface area (Å²) in [5, 5.41) is 3.34. The molecule has 0 aliphatic carbocycles. The third kappa shape index (κ3) is 1.60. The molecule has 0 radical (unpaired) electrons. The summed E-state index contributed by atoms with van der Waals surface area (Å²) in [4.78, 5) is 0. The molecule has 0 aromatic carbocycles. The summed E-state index contributed by atoms with van der Waals surface area (Å²) in [6.45, 7) is 1.67. The fraction of sp³-hybridized carbons (Fsp3) is 0.571. The summed E-state index contributed by atoms with van der Waals surface area (Å²) in [6, 6.07) is 0. The molecule has 0 bridgehead atoms. The lowest BCUT2D eigenvalue weighted by Crippen LogP contribution is -2.09. The number of nitrogens with zero attached hydrogens (tertiary/aromatic N) is 2. The van der Waals surface area contributed by atoms with Gasteiger partial charge in [0.15, 0.2) is 5.69 Å². The van der Waals surface area contributed by atoms with Crippen LogP contribution in [0.2, 0.25) is 0 Å². The quantitative estimate of drug-likeness (QED) is 0.643. The molecule has 0 aliphatic heterocycles. The minimum absolute atomic E-state index is 0.241. The summed E-state index contributed by atoms with van der Waals surface area (Å²) in [5.74, 6) is 0. The molecular formula is C7H9F3N2. The van der Waals surface area contributed by atoms with Crippen molar-refractivity contribution in [3.05, 3.63) is 17.5 Å². The zero-order chi connectivity index (χ0) is 9.35. The standard InChI is InChI=1S/C7H9F3N2/c1-3-5-4-12(2)11-6(5)7(8,9)10/h4H,3H2,1-2H3. The first-order valence-electron chi connectivity index (χ1n) is 3.55. The lowest BCUT2D eigenvalue weighted by atomic mass is 10.2. The van der Waals surface area contributed by atoms with Crippen LogP contribution in [0.3, 0.4) is 0 Å². The number of hydrogen-bond acceptors (Lipinski definition) is 1. The van der Waals surface area contributed by atoms with Crippen LogP contribution in [0.5, 0.6) is 0 Å². The Labute approximate surface area is 68.0 Å². The third-order valence-electron chi connectivity index (χ3n) is 1.55. The number of halogens is 3. The van der Waals surface area contributed by atoms with Crippen LogP contribution in [0.15, 0.2) is 6.20 Å². The second-order valence-electron chi connectivity index (χ2n) is 2.53. The Kier molecular flexibility index (Phi) is 2.12. The van der Waals surface area contributed by atoms with Crippen molar-refractivity contribution in [3.8, 4) is 0 Å². The Morgan fingerprint density at radius 3 is 2.42 bits per heavy atom. The number of alkyl halides is 3. The van der Waals surface area contributed by atoms with Crippen LogP contribution in [-0.2, 0) is 19.6 Å². The van der Waals surface area contributed by atoms with E-state index in [0.717, 1.165) is 0 Å². The van der Waals surface area contributed by atoms with Gasteiger partial charge in [0.25, 0.3) is 0 Å². The van der Waals surface area contributed by atoms with Gasteiger partial charge in [0.1, 0.15) is 0 Å². The van der Waals surface area contributed by atoms with E-state index < -0.39 is 11.9 Å². The van der Waals surface area contributed by atoms with E-state index in [0.29, 0.717) is 6.42 Å². The van der Waals surface area contributed by atoms with Crippen molar-refractivity contribution in [2.75, 3.05) is 0 Å². The van der Waals surface area contributed by atoms with E-state index >= 15 is 0 Å². The van der Waals surface area contributed by atoms with Crippen LogP contribution < -0.4 is 0 Å². The van der Waals surface area contributed by atoms with Crippen LogP contribution in [0, 0.1) is 0 Å². The van der Waals surface area contributed by atoms with Gasteiger partial charge in [-0.25, -0.2) is 0 Å². The van der Waals surface area contributed by atoms with Crippen molar-refractivity contribution < 1.29 is 13.2 Å². The molecule has 1 rings (SSSR count). The zero-order valence-electron chi connectivity index (χ0n) is 6.81. The highest BCUT2D eigenvalue weighted by Crippen LogP contribution is 2.30. The van der Waals surface area contributed by atoms with Crippen LogP contribution in [0.4, 0.5) is 13.2 Å². The van der Waals surface area contributed by atoms with E-state index in [1.54, 1.807) is 6.92 Å². The molecule has 0 unspecified atom stereocenters. The lowest BCUT2D eigenvalue weighted by Gasteiger charge is -2.03. The zero-order valence-corrected chi connectivity index (χ0v) is 6.81. The molecule has 1 aromatic heterocycles. The van der Waals surface area contributed by atoms with E-state index in [2.05, 4.69) is 5.10 Å². The fourth-order valence-electron chi connectivity index (χ4n) is 1.03. The predicted molar refractivity (Wildman–Crippen MR) is 37.6 cm³/mol. The molecule has 0 N–H and O–H groups in total. The Morgan fingerprint density at radius 2 is 2.08 bits per heavy atom. The first kappa shape index (κ1) is 9.09. The Hall–Kier alpha value is -1.00. The maximum atomic E-state index is 12.2. The van der Waals surface area contributed by atoms with Gasteiger partial charge < -0.3 is 0 Å². The molecule has 5 heteroatoms. The van der Waals surface area contributed by atoms with Gasteiger partial charge in [-0.15, -0.1) is 0 Å². The van der Waals surface area contributed by atoms with E-state index in [4.69, 9.17) is 0 Å². The average molecular weight is 178 g/mol. The summed E-state index contributed by atoms with van der Waals surface area (Å²) < 4.78 is 37.7. The highest BCUT2D eigenvalue weighted by molar-refractivity contribution is 5.19. The van der Waals surface area contributed by atoms with Gasteiger partial charge in [0, 0.05) is 18.8 Å². The molecule has 68 valence electrons. The molecule has 1 heterocycles. The number of aryl methyl sites for hydroxylation is 2. The molecule has 0 amide bonds. The summed E-state index contributed by atoms with van der Waals surface area (Å²) >= 11 is 0. The number of hydrogen-bond donors (Lipinski definition) is 0. The van der Waals surface area contributed by atoms with Crippen LogP contribution in [-0.4, -0.2) is 9.78 Å². The minimum Gasteiger partial charge on any atom is -0.275 e. The van der Waals surface area contributed by atoms with Crippen molar-refractivity contribution in [1.29, 1.82) is 0 Å². The van der Waals surface area contributed by atoms with Gasteiger partial charge in [-0.2, -0.15) is 18.3 Å².